The molecule has 1 aliphatic rings. The normalized spacial score (nSPS) is 16.4. The second-order valence-electron chi connectivity index (χ2n) is 4.93. The maximum Gasteiger partial charge on any atom is 0.317 e. The number of halogens is 1. The highest BCUT2D eigenvalue weighted by Crippen LogP contribution is 2.08. The Kier molecular flexibility index (Phi) is 4.74. The first-order valence-corrected chi connectivity index (χ1v) is 6.68. The van der Waals surface area contributed by atoms with Crippen molar-refractivity contribution in [3.05, 3.63) is 35.6 Å². The minimum Gasteiger partial charge on any atom is -0.338 e. The topological polar surface area (TPSA) is 58.4 Å². The predicted molar refractivity (Wildman–Crippen MR) is 72.3 cm³/mol. The van der Waals surface area contributed by atoms with Crippen LogP contribution in [0.5, 0.6) is 0 Å². The third kappa shape index (κ3) is 4.21. The van der Waals surface area contributed by atoms with Gasteiger partial charge >= 0.3 is 6.03 Å². The molecule has 0 aromatic heterocycles. The number of hydrogen-bond donors (Lipinski definition) is 2. The number of benzene rings is 1. The Labute approximate surface area is 112 Å². The van der Waals surface area contributed by atoms with E-state index in [0.717, 1.165) is 31.5 Å². The molecule has 104 valence electrons. The molecule has 1 saturated heterocycles. The first-order valence-electron chi connectivity index (χ1n) is 6.68. The van der Waals surface area contributed by atoms with Gasteiger partial charge in [0.2, 0.25) is 0 Å². The van der Waals surface area contributed by atoms with E-state index in [4.69, 9.17) is 5.73 Å². The number of amides is 2. The molecule has 0 atom stereocenters. The number of hydrogen-bond acceptors (Lipinski definition) is 2. The van der Waals surface area contributed by atoms with Gasteiger partial charge in [0, 0.05) is 25.7 Å². The Bertz CT molecular complexity index is 413. The Morgan fingerprint density at radius 3 is 2.58 bits per heavy atom. The molecule has 2 rings (SSSR count). The number of nitrogens with zero attached hydrogens (tertiary/aromatic N) is 1. The van der Waals surface area contributed by atoms with Crippen LogP contribution >= 0.6 is 0 Å². The highest BCUT2D eigenvalue weighted by atomic mass is 19.1. The number of carbonyl (C=O) groups is 1. The molecule has 19 heavy (non-hydrogen) atoms. The van der Waals surface area contributed by atoms with Crippen LogP contribution in [-0.2, 0) is 6.42 Å². The number of rotatable bonds is 3. The van der Waals surface area contributed by atoms with Crippen LogP contribution in [0.2, 0.25) is 0 Å². The van der Waals surface area contributed by atoms with E-state index in [1.54, 1.807) is 17.0 Å². The van der Waals surface area contributed by atoms with Gasteiger partial charge in [-0.1, -0.05) is 12.1 Å². The van der Waals surface area contributed by atoms with Gasteiger partial charge in [-0.15, -0.1) is 0 Å². The molecule has 0 spiro atoms. The van der Waals surface area contributed by atoms with E-state index >= 15 is 0 Å². The van der Waals surface area contributed by atoms with E-state index in [-0.39, 0.29) is 17.9 Å². The molecule has 0 unspecified atom stereocenters. The Morgan fingerprint density at radius 1 is 1.32 bits per heavy atom. The standard InChI is InChI=1S/C14H20FN3O/c15-12-3-1-11(2-4-12)5-8-17-14(19)18-9-6-13(16)7-10-18/h1-4,13H,5-10,16H2,(H,17,19). The van der Waals surface area contributed by atoms with Crippen molar-refractivity contribution in [3.63, 3.8) is 0 Å². The molecule has 0 saturated carbocycles. The molecule has 5 heteroatoms. The highest BCUT2D eigenvalue weighted by molar-refractivity contribution is 5.74. The van der Waals surface area contributed by atoms with E-state index in [0.29, 0.717) is 13.0 Å². The summed E-state index contributed by atoms with van der Waals surface area (Å²) in [5, 5.41) is 2.88. The van der Waals surface area contributed by atoms with Crippen LogP contribution in [0.4, 0.5) is 9.18 Å². The van der Waals surface area contributed by atoms with Crippen molar-refractivity contribution in [2.75, 3.05) is 19.6 Å². The van der Waals surface area contributed by atoms with Gasteiger partial charge in [-0.25, -0.2) is 9.18 Å². The lowest BCUT2D eigenvalue weighted by atomic mass is 10.1. The summed E-state index contributed by atoms with van der Waals surface area (Å²) in [6.07, 6.45) is 2.44. The lowest BCUT2D eigenvalue weighted by Crippen LogP contribution is -2.47. The monoisotopic (exact) mass is 265 g/mol. The number of piperidine rings is 1. The quantitative estimate of drug-likeness (QED) is 0.870. The van der Waals surface area contributed by atoms with E-state index in [1.807, 2.05) is 0 Å². The minimum absolute atomic E-state index is 0.0333. The molecule has 1 aromatic rings. The maximum atomic E-state index is 12.7. The summed E-state index contributed by atoms with van der Waals surface area (Å²) in [6.45, 7) is 2.01. The van der Waals surface area contributed by atoms with E-state index < -0.39 is 0 Å². The lowest BCUT2D eigenvalue weighted by molar-refractivity contribution is 0.182. The third-order valence-electron chi connectivity index (χ3n) is 3.43. The van der Waals surface area contributed by atoms with Crippen LogP contribution in [0.15, 0.2) is 24.3 Å². The third-order valence-corrected chi connectivity index (χ3v) is 3.43. The largest absolute Gasteiger partial charge is 0.338 e. The molecular formula is C14H20FN3O. The van der Waals surface area contributed by atoms with E-state index in [2.05, 4.69) is 5.32 Å². The first-order chi connectivity index (χ1) is 9.15. The zero-order valence-electron chi connectivity index (χ0n) is 10.9. The SMILES string of the molecule is NC1CCN(C(=O)NCCc2ccc(F)cc2)CC1. The zero-order valence-corrected chi connectivity index (χ0v) is 10.9. The molecular weight excluding hydrogens is 245 g/mol. The number of nitrogens with one attached hydrogen (secondary N) is 1. The number of nitrogens with two attached hydrogens (primary N) is 1. The summed E-state index contributed by atoms with van der Waals surface area (Å²) in [6, 6.07) is 6.53. The number of urea groups is 1. The molecule has 1 heterocycles. The number of carbonyl (C=O) groups excluding carboxylic acids is 1. The van der Waals surface area contributed by atoms with Crippen LogP contribution < -0.4 is 11.1 Å². The van der Waals surface area contributed by atoms with E-state index in [1.165, 1.54) is 12.1 Å². The van der Waals surface area contributed by atoms with Crippen molar-refractivity contribution in [2.45, 2.75) is 25.3 Å². The summed E-state index contributed by atoms with van der Waals surface area (Å²) >= 11 is 0. The second kappa shape index (κ2) is 6.52. The van der Waals surface area contributed by atoms with Gasteiger partial charge < -0.3 is 16.0 Å². The van der Waals surface area contributed by atoms with Gasteiger partial charge in [-0.3, -0.25) is 0 Å². The van der Waals surface area contributed by atoms with Gasteiger partial charge in [0.15, 0.2) is 0 Å². The van der Waals surface area contributed by atoms with Crippen molar-refractivity contribution >= 4 is 6.03 Å². The van der Waals surface area contributed by atoms with E-state index in [9.17, 15) is 9.18 Å². The van der Waals surface area contributed by atoms with Gasteiger partial charge in [-0.2, -0.15) is 0 Å². The van der Waals surface area contributed by atoms with Crippen molar-refractivity contribution in [2.24, 2.45) is 5.73 Å². The summed E-state index contributed by atoms with van der Waals surface area (Å²) in [7, 11) is 0. The van der Waals surface area contributed by atoms with Crippen molar-refractivity contribution in [3.8, 4) is 0 Å². The fraction of sp³-hybridized carbons (Fsp3) is 0.500. The van der Waals surface area contributed by atoms with Gasteiger partial charge in [-0.05, 0) is 37.0 Å². The summed E-state index contributed by atoms with van der Waals surface area (Å²) < 4.78 is 12.7. The summed E-state index contributed by atoms with van der Waals surface area (Å²) in [5.74, 6) is -0.238. The van der Waals surface area contributed by atoms with Crippen LogP contribution in [0.25, 0.3) is 0 Å². The van der Waals surface area contributed by atoms with Gasteiger partial charge in [0.1, 0.15) is 5.82 Å². The molecule has 1 fully saturated rings. The first kappa shape index (κ1) is 13.8. The molecule has 1 aliphatic heterocycles. The zero-order chi connectivity index (χ0) is 13.7. The smallest absolute Gasteiger partial charge is 0.317 e. The molecule has 0 aliphatic carbocycles. The molecule has 3 N–H and O–H groups in total. The highest BCUT2D eigenvalue weighted by Gasteiger charge is 2.19. The van der Waals surface area contributed by atoms with Crippen molar-refractivity contribution in [1.82, 2.24) is 10.2 Å². The van der Waals surface area contributed by atoms with Crippen LogP contribution in [0, 0.1) is 5.82 Å². The summed E-state index contributed by atoms with van der Waals surface area (Å²) in [4.78, 5) is 13.7. The second-order valence-corrected chi connectivity index (χ2v) is 4.93. The molecule has 0 radical (unpaired) electrons. The van der Waals surface area contributed by atoms with Crippen molar-refractivity contribution in [1.29, 1.82) is 0 Å². The summed E-state index contributed by atoms with van der Waals surface area (Å²) in [5.41, 5.74) is 6.81. The Hall–Kier alpha value is -1.62. The molecule has 0 bridgehead atoms. The predicted octanol–water partition coefficient (Wildman–Crippen LogP) is 1.50. The molecule has 2 amide bonds. The fourth-order valence-corrected chi connectivity index (χ4v) is 2.18. The average Bonchev–Trinajstić information content (AvgIpc) is 2.41. The van der Waals surface area contributed by atoms with Crippen LogP contribution in [0.1, 0.15) is 18.4 Å². The van der Waals surface area contributed by atoms with Crippen molar-refractivity contribution < 1.29 is 9.18 Å². The molecule has 1 aromatic carbocycles. The maximum absolute atomic E-state index is 12.7. The van der Waals surface area contributed by atoms with Gasteiger partial charge in [0.05, 0.1) is 0 Å². The fourth-order valence-electron chi connectivity index (χ4n) is 2.18. The van der Waals surface area contributed by atoms with Crippen LogP contribution in [-0.4, -0.2) is 36.6 Å². The lowest BCUT2D eigenvalue weighted by Gasteiger charge is -2.30. The Balaban J connectivity index is 1.70. The van der Waals surface area contributed by atoms with Crippen LogP contribution in [0.3, 0.4) is 0 Å². The average molecular weight is 265 g/mol. The van der Waals surface area contributed by atoms with Gasteiger partial charge in [0.25, 0.3) is 0 Å². The Morgan fingerprint density at radius 2 is 1.95 bits per heavy atom. The minimum atomic E-state index is -0.238. The number of likely N-dealkylation sites (tertiary alicyclic amines) is 1. The molecule has 4 nitrogen and oxygen atoms in total.